The molecule has 0 fully saturated rings. The third kappa shape index (κ3) is 4.43. The first kappa shape index (κ1) is 24.6. The summed E-state index contributed by atoms with van der Waals surface area (Å²) in [5.74, 6) is -1.81. The lowest BCUT2D eigenvalue weighted by atomic mass is 10.0. The van der Waals surface area contributed by atoms with Crippen molar-refractivity contribution in [3.63, 3.8) is 0 Å². The van der Waals surface area contributed by atoms with Gasteiger partial charge in [0.2, 0.25) is 5.88 Å². The number of hydrogen-bond donors (Lipinski definition) is 3. The first-order valence-corrected chi connectivity index (χ1v) is 11.2. The van der Waals surface area contributed by atoms with Crippen molar-refractivity contribution in [3.8, 4) is 28.4 Å². The summed E-state index contributed by atoms with van der Waals surface area (Å²) in [5, 5.41) is 39.8. The number of nitrogens with zero attached hydrogens (tertiary/aromatic N) is 3. The number of aromatic nitrogens is 1. The fourth-order valence-electron chi connectivity index (χ4n) is 4.16. The summed E-state index contributed by atoms with van der Waals surface area (Å²) in [6, 6.07) is 21.9. The number of alkyl halides is 3. The van der Waals surface area contributed by atoms with E-state index >= 15 is 0 Å². The van der Waals surface area contributed by atoms with Gasteiger partial charge < -0.3 is 15.3 Å². The normalized spacial score (nSPS) is 11.9. The van der Waals surface area contributed by atoms with Crippen LogP contribution < -0.4 is 0 Å². The molecule has 0 atom stereocenters. The van der Waals surface area contributed by atoms with Crippen LogP contribution in [0.5, 0.6) is 11.6 Å². The highest BCUT2D eigenvalue weighted by Gasteiger charge is 2.31. The van der Waals surface area contributed by atoms with Gasteiger partial charge >= 0.3 is 12.1 Å². The van der Waals surface area contributed by atoms with Gasteiger partial charge in [-0.3, -0.25) is 4.57 Å². The molecule has 0 spiro atoms. The maximum atomic E-state index is 13.3. The Balaban J connectivity index is 1.60. The number of carboxylic acids is 1. The molecule has 190 valence electrons. The van der Waals surface area contributed by atoms with Gasteiger partial charge in [-0.05, 0) is 48.0 Å². The molecule has 10 heteroatoms. The number of phenols is 1. The Labute approximate surface area is 213 Å². The highest BCUT2D eigenvalue weighted by atomic mass is 19.4. The minimum Gasteiger partial charge on any atom is -0.505 e. The summed E-state index contributed by atoms with van der Waals surface area (Å²) >= 11 is 0. The predicted molar refractivity (Wildman–Crippen MR) is 135 cm³/mol. The van der Waals surface area contributed by atoms with E-state index in [-0.39, 0.29) is 28.4 Å². The molecule has 4 aromatic carbocycles. The molecule has 0 unspecified atom stereocenters. The molecule has 0 saturated heterocycles. The summed E-state index contributed by atoms with van der Waals surface area (Å²) in [6.07, 6.45) is -4.57. The molecule has 5 aromatic rings. The van der Waals surface area contributed by atoms with Crippen molar-refractivity contribution in [2.24, 2.45) is 10.2 Å². The van der Waals surface area contributed by atoms with E-state index in [0.717, 1.165) is 12.1 Å². The minimum atomic E-state index is -4.57. The summed E-state index contributed by atoms with van der Waals surface area (Å²) in [6.45, 7) is 0. The summed E-state index contributed by atoms with van der Waals surface area (Å²) in [4.78, 5) is 11.3. The average Bonchev–Trinajstić information content (AvgIpc) is 3.18. The number of para-hydroxylation sites is 2. The van der Waals surface area contributed by atoms with Crippen LogP contribution in [0.3, 0.4) is 0 Å². The van der Waals surface area contributed by atoms with E-state index in [1.165, 1.54) is 34.9 Å². The van der Waals surface area contributed by atoms with Crippen LogP contribution in [-0.4, -0.2) is 25.9 Å². The van der Waals surface area contributed by atoms with E-state index < -0.39 is 23.6 Å². The Morgan fingerprint density at radius 2 is 1.55 bits per heavy atom. The number of halogens is 3. The van der Waals surface area contributed by atoms with Crippen LogP contribution in [0.15, 0.2) is 101 Å². The predicted octanol–water partition coefficient (Wildman–Crippen LogP) is 7.84. The first-order chi connectivity index (χ1) is 18.1. The molecule has 3 N–H and O–H groups in total. The number of aromatic hydroxyl groups is 2. The fourth-order valence-corrected chi connectivity index (χ4v) is 4.16. The lowest BCUT2D eigenvalue weighted by Crippen LogP contribution is -2.05. The van der Waals surface area contributed by atoms with Crippen LogP contribution in [0.25, 0.3) is 27.7 Å². The lowest BCUT2D eigenvalue weighted by Gasteiger charge is -2.11. The van der Waals surface area contributed by atoms with E-state index in [2.05, 4.69) is 10.2 Å². The van der Waals surface area contributed by atoms with Gasteiger partial charge in [0.05, 0.1) is 16.6 Å². The van der Waals surface area contributed by atoms with Gasteiger partial charge in [-0.2, -0.15) is 13.2 Å². The lowest BCUT2D eigenvalue weighted by molar-refractivity contribution is -0.137. The second-order valence-electron chi connectivity index (χ2n) is 8.33. The number of carboxylic acid groups (broad SMARTS) is 1. The van der Waals surface area contributed by atoms with Gasteiger partial charge in [0.25, 0.3) is 0 Å². The van der Waals surface area contributed by atoms with E-state index in [1.807, 2.05) is 0 Å². The van der Waals surface area contributed by atoms with Crippen LogP contribution in [0.4, 0.5) is 24.5 Å². The topological polar surface area (TPSA) is 107 Å². The van der Waals surface area contributed by atoms with E-state index in [0.29, 0.717) is 22.0 Å². The fraction of sp³-hybridized carbons (Fsp3) is 0.0357. The highest BCUT2D eigenvalue weighted by Crippen LogP contribution is 2.44. The van der Waals surface area contributed by atoms with Crippen molar-refractivity contribution in [2.45, 2.75) is 6.18 Å². The number of carbonyl (C=O) groups is 1. The zero-order chi connectivity index (χ0) is 27.0. The van der Waals surface area contributed by atoms with E-state index in [1.54, 1.807) is 48.5 Å². The summed E-state index contributed by atoms with van der Waals surface area (Å²) in [7, 11) is 0. The molecule has 5 rings (SSSR count). The van der Waals surface area contributed by atoms with Crippen molar-refractivity contribution >= 4 is 28.2 Å². The number of benzene rings is 4. The smallest absolute Gasteiger partial charge is 0.416 e. The molecule has 0 amide bonds. The van der Waals surface area contributed by atoms with Crippen LogP contribution in [0.1, 0.15) is 15.9 Å². The largest absolute Gasteiger partial charge is 0.505 e. The molecular formula is C28H18F3N3O4. The maximum Gasteiger partial charge on any atom is 0.416 e. The van der Waals surface area contributed by atoms with Crippen molar-refractivity contribution in [2.75, 3.05) is 0 Å². The Hall–Kier alpha value is -5.12. The van der Waals surface area contributed by atoms with Crippen molar-refractivity contribution in [3.05, 3.63) is 102 Å². The van der Waals surface area contributed by atoms with Gasteiger partial charge in [0.1, 0.15) is 5.69 Å². The molecule has 0 saturated carbocycles. The molecule has 1 heterocycles. The van der Waals surface area contributed by atoms with E-state index in [4.69, 9.17) is 0 Å². The molecule has 0 aliphatic rings. The molecule has 0 aliphatic carbocycles. The second kappa shape index (κ2) is 9.40. The summed E-state index contributed by atoms with van der Waals surface area (Å²) < 4.78 is 41.2. The number of azo groups is 1. The minimum absolute atomic E-state index is 0.00399. The van der Waals surface area contributed by atoms with Crippen LogP contribution in [0.2, 0.25) is 0 Å². The molecule has 0 radical (unpaired) electrons. The zero-order valence-corrected chi connectivity index (χ0v) is 19.4. The number of aromatic carboxylic acids is 1. The van der Waals surface area contributed by atoms with Crippen LogP contribution in [-0.2, 0) is 6.18 Å². The standard InChI is InChI=1S/C28H18F3N3O4/c29-28(30,31)18-8-4-9-19(15-18)34-23-13-2-1-10-21(23)24(26(34)36)33-32-22-12-5-11-20(25(22)35)16-6-3-7-17(14-16)27(37)38/h1-15,35-36H,(H,37,38). The number of phenolic OH excluding ortho intramolecular Hbond substituents is 1. The van der Waals surface area contributed by atoms with Gasteiger partial charge in [-0.15, -0.1) is 10.2 Å². The molecule has 38 heavy (non-hydrogen) atoms. The third-order valence-corrected chi connectivity index (χ3v) is 5.95. The van der Waals surface area contributed by atoms with Crippen LogP contribution >= 0.6 is 0 Å². The molecule has 7 nitrogen and oxygen atoms in total. The summed E-state index contributed by atoms with van der Waals surface area (Å²) in [5.41, 5.74) is 0.461. The molecule has 1 aromatic heterocycles. The Bertz CT molecular complexity index is 1720. The average molecular weight is 517 g/mol. The quantitative estimate of drug-likeness (QED) is 0.206. The molecular weight excluding hydrogens is 499 g/mol. The second-order valence-corrected chi connectivity index (χ2v) is 8.33. The van der Waals surface area contributed by atoms with Crippen molar-refractivity contribution < 1.29 is 33.3 Å². The van der Waals surface area contributed by atoms with Crippen LogP contribution in [0, 0.1) is 0 Å². The molecule has 0 aliphatic heterocycles. The Kier molecular flexibility index (Phi) is 6.08. The van der Waals surface area contributed by atoms with Gasteiger partial charge in [-0.25, -0.2) is 4.79 Å². The Morgan fingerprint density at radius 3 is 2.32 bits per heavy atom. The van der Waals surface area contributed by atoms with Crippen molar-refractivity contribution in [1.29, 1.82) is 0 Å². The molecule has 0 bridgehead atoms. The van der Waals surface area contributed by atoms with Gasteiger partial charge in [-0.1, -0.05) is 48.5 Å². The van der Waals surface area contributed by atoms with Gasteiger partial charge in [0.15, 0.2) is 11.4 Å². The maximum absolute atomic E-state index is 13.3. The number of fused-ring (bicyclic) bond motifs is 1. The first-order valence-electron chi connectivity index (χ1n) is 11.2. The third-order valence-electron chi connectivity index (χ3n) is 5.95. The van der Waals surface area contributed by atoms with Gasteiger partial charge in [0, 0.05) is 16.6 Å². The Morgan fingerprint density at radius 1 is 0.816 bits per heavy atom. The SMILES string of the molecule is O=C(O)c1cccc(-c2cccc(N=Nc3c(O)n(-c4cccc(C(F)(F)F)c4)c4ccccc34)c2O)c1. The zero-order valence-electron chi connectivity index (χ0n) is 19.4. The number of rotatable bonds is 5. The van der Waals surface area contributed by atoms with Crippen molar-refractivity contribution in [1.82, 2.24) is 4.57 Å². The number of hydrogen-bond acceptors (Lipinski definition) is 5. The highest BCUT2D eigenvalue weighted by molar-refractivity contribution is 5.96. The van der Waals surface area contributed by atoms with E-state index in [9.17, 15) is 33.3 Å². The monoisotopic (exact) mass is 517 g/mol.